The third kappa shape index (κ3) is 11.2. The highest BCUT2D eigenvalue weighted by Crippen LogP contribution is 2.22. The second kappa shape index (κ2) is 18.7. The first kappa shape index (κ1) is 38.6. The van der Waals surface area contributed by atoms with Crippen molar-refractivity contribution in [3.05, 3.63) is 138 Å². The van der Waals surface area contributed by atoms with Crippen molar-refractivity contribution in [2.45, 2.75) is 70.0 Å². The molecule has 0 aliphatic heterocycles. The van der Waals surface area contributed by atoms with E-state index in [0.29, 0.717) is 24.9 Å². The normalized spacial score (nSPS) is 12.7. The zero-order valence-electron chi connectivity index (χ0n) is 30.1. The molecule has 0 saturated carbocycles. The van der Waals surface area contributed by atoms with Crippen LogP contribution in [0.15, 0.2) is 116 Å². The van der Waals surface area contributed by atoms with Crippen LogP contribution in [0.5, 0.6) is 0 Å². The Hall–Kier alpha value is -5.15. The standard InChI is InChI=1S/C42H50FN5O3/c1-5-42(44,6-2)25-10-13-39(49)47(3)38(30-32-14-18-35(19-15-32)34-11-8-7-9-12-34)41(51)48(4)37(29-33-16-20-36(43)21-17-33)40(50)46-28-24-31-22-26-45-27-23-31/h7-23,26-27,37-38H,5-6,24-25,28-30,44H2,1-4H3,(H,46,50)/b13-10+/t37-,38-/m1/s1. The van der Waals surface area contributed by atoms with Crippen LogP contribution in [0.1, 0.15) is 49.8 Å². The molecule has 8 nitrogen and oxygen atoms in total. The number of aromatic nitrogens is 1. The number of halogens is 1. The van der Waals surface area contributed by atoms with Crippen molar-refractivity contribution in [1.82, 2.24) is 20.1 Å². The fourth-order valence-corrected chi connectivity index (χ4v) is 5.92. The van der Waals surface area contributed by atoms with Gasteiger partial charge in [0, 0.05) is 51.4 Å². The van der Waals surface area contributed by atoms with Crippen LogP contribution in [0, 0.1) is 5.82 Å². The summed E-state index contributed by atoms with van der Waals surface area (Å²) in [7, 11) is 3.20. The number of nitrogens with one attached hydrogen (secondary N) is 1. The van der Waals surface area contributed by atoms with Crippen LogP contribution < -0.4 is 11.1 Å². The molecule has 3 amide bonds. The molecule has 0 aliphatic rings. The minimum Gasteiger partial charge on any atom is -0.354 e. The number of hydrogen-bond acceptors (Lipinski definition) is 5. The summed E-state index contributed by atoms with van der Waals surface area (Å²) in [5.74, 6) is -1.47. The maximum absolute atomic E-state index is 14.5. The third-order valence-corrected chi connectivity index (χ3v) is 9.71. The molecule has 0 saturated heterocycles. The number of nitrogens with zero attached hydrogens (tertiary/aromatic N) is 3. The van der Waals surface area contributed by atoms with Crippen molar-refractivity contribution in [3.8, 4) is 11.1 Å². The zero-order chi connectivity index (χ0) is 36.8. The molecule has 0 aliphatic carbocycles. The lowest BCUT2D eigenvalue weighted by Gasteiger charge is -2.34. The highest BCUT2D eigenvalue weighted by atomic mass is 19.1. The van der Waals surface area contributed by atoms with E-state index in [1.807, 2.05) is 80.6 Å². The Kier molecular flexibility index (Phi) is 14.2. The minimum atomic E-state index is -0.922. The maximum Gasteiger partial charge on any atom is 0.246 e. The fourth-order valence-electron chi connectivity index (χ4n) is 5.92. The fraction of sp³-hybridized carbons (Fsp3) is 0.333. The molecular weight excluding hydrogens is 641 g/mol. The number of carbonyl (C=O) groups excluding carboxylic acids is 3. The summed E-state index contributed by atoms with van der Waals surface area (Å²) in [6, 6.07) is 25.7. The molecular formula is C42H50FN5O3. The monoisotopic (exact) mass is 691 g/mol. The molecule has 0 unspecified atom stereocenters. The first-order valence-electron chi connectivity index (χ1n) is 17.6. The average Bonchev–Trinajstić information content (AvgIpc) is 3.16. The topological polar surface area (TPSA) is 109 Å². The van der Waals surface area contributed by atoms with E-state index in [2.05, 4.69) is 10.3 Å². The van der Waals surface area contributed by atoms with Gasteiger partial charge >= 0.3 is 0 Å². The Morgan fingerprint density at radius 3 is 1.96 bits per heavy atom. The van der Waals surface area contributed by atoms with E-state index in [1.54, 1.807) is 44.7 Å². The van der Waals surface area contributed by atoms with Gasteiger partial charge in [0.05, 0.1) is 0 Å². The van der Waals surface area contributed by atoms with E-state index >= 15 is 0 Å². The second-order valence-corrected chi connectivity index (χ2v) is 13.1. The SMILES string of the molecule is CCC(N)(CC)C/C=C/C(=O)N(C)[C@H](Cc1ccc(-c2ccccc2)cc1)C(=O)N(C)[C@H](Cc1ccc(F)cc1)C(=O)NCCc1ccncc1. The number of carbonyl (C=O) groups is 3. The minimum absolute atomic E-state index is 0.159. The predicted molar refractivity (Wildman–Crippen MR) is 201 cm³/mol. The van der Waals surface area contributed by atoms with Crippen molar-refractivity contribution < 1.29 is 18.8 Å². The van der Waals surface area contributed by atoms with E-state index < -0.39 is 29.3 Å². The van der Waals surface area contributed by atoms with Crippen molar-refractivity contribution in [3.63, 3.8) is 0 Å². The number of rotatable bonds is 17. The smallest absolute Gasteiger partial charge is 0.246 e. The van der Waals surface area contributed by atoms with Crippen LogP contribution in [0.2, 0.25) is 0 Å². The molecule has 3 N–H and O–H groups in total. The molecule has 9 heteroatoms. The van der Waals surface area contributed by atoms with Crippen LogP contribution in [-0.2, 0) is 33.6 Å². The number of amides is 3. The zero-order valence-corrected chi connectivity index (χ0v) is 30.1. The summed E-state index contributed by atoms with van der Waals surface area (Å²) in [6.07, 6.45) is 9.68. The number of benzene rings is 3. The van der Waals surface area contributed by atoms with Gasteiger partial charge < -0.3 is 20.9 Å². The van der Waals surface area contributed by atoms with Gasteiger partial charge in [-0.2, -0.15) is 0 Å². The van der Waals surface area contributed by atoms with Crippen molar-refractivity contribution in [2.75, 3.05) is 20.6 Å². The van der Waals surface area contributed by atoms with Crippen LogP contribution in [0.25, 0.3) is 11.1 Å². The van der Waals surface area contributed by atoms with E-state index in [4.69, 9.17) is 5.73 Å². The van der Waals surface area contributed by atoms with Gasteiger partial charge in [0.1, 0.15) is 17.9 Å². The Morgan fingerprint density at radius 2 is 1.35 bits per heavy atom. The number of hydrogen-bond donors (Lipinski definition) is 2. The molecule has 4 aromatic rings. The van der Waals surface area contributed by atoms with Gasteiger partial charge in [0.15, 0.2) is 0 Å². The molecule has 2 atom stereocenters. The summed E-state index contributed by atoms with van der Waals surface area (Å²) < 4.78 is 13.8. The highest BCUT2D eigenvalue weighted by Gasteiger charge is 2.35. The summed E-state index contributed by atoms with van der Waals surface area (Å²) in [5, 5.41) is 2.98. The van der Waals surface area contributed by atoms with Crippen molar-refractivity contribution in [2.24, 2.45) is 5.73 Å². The molecule has 0 spiro atoms. The molecule has 0 fully saturated rings. The van der Waals surface area contributed by atoms with Crippen molar-refractivity contribution >= 4 is 17.7 Å². The van der Waals surface area contributed by atoms with E-state index in [9.17, 15) is 18.8 Å². The van der Waals surface area contributed by atoms with E-state index in [0.717, 1.165) is 35.1 Å². The predicted octanol–water partition coefficient (Wildman–Crippen LogP) is 6.15. The molecule has 268 valence electrons. The Labute approximate surface area is 301 Å². The first-order valence-corrected chi connectivity index (χ1v) is 17.6. The molecule has 3 aromatic carbocycles. The first-order chi connectivity index (χ1) is 24.5. The summed E-state index contributed by atoms with van der Waals surface area (Å²) >= 11 is 0. The molecule has 4 rings (SSSR count). The van der Waals surface area contributed by atoms with Gasteiger partial charge in [-0.05, 0) is 83.8 Å². The molecule has 51 heavy (non-hydrogen) atoms. The van der Waals surface area contributed by atoms with Gasteiger partial charge in [-0.3, -0.25) is 19.4 Å². The third-order valence-electron chi connectivity index (χ3n) is 9.71. The van der Waals surface area contributed by atoms with E-state index in [-0.39, 0.29) is 24.7 Å². The van der Waals surface area contributed by atoms with Crippen LogP contribution in [-0.4, -0.2) is 70.8 Å². The van der Waals surface area contributed by atoms with E-state index in [1.165, 1.54) is 28.0 Å². The van der Waals surface area contributed by atoms with Gasteiger partial charge in [0.2, 0.25) is 17.7 Å². The van der Waals surface area contributed by atoms with Gasteiger partial charge in [-0.1, -0.05) is 86.7 Å². The lowest BCUT2D eigenvalue weighted by Crippen LogP contribution is -2.56. The molecule has 0 radical (unpaired) electrons. The Morgan fingerprint density at radius 1 is 0.784 bits per heavy atom. The number of pyridine rings is 1. The van der Waals surface area contributed by atoms with Crippen molar-refractivity contribution in [1.29, 1.82) is 0 Å². The molecule has 1 heterocycles. The molecule has 0 bridgehead atoms. The largest absolute Gasteiger partial charge is 0.354 e. The van der Waals surface area contributed by atoms with Crippen LogP contribution in [0.4, 0.5) is 4.39 Å². The maximum atomic E-state index is 14.5. The quantitative estimate of drug-likeness (QED) is 0.129. The number of likely N-dealkylation sites (N-methyl/N-ethyl adjacent to an activating group) is 2. The average molecular weight is 692 g/mol. The van der Waals surface area contributed by atoms with Gasteiger partial charge in [0.25, 0.3) is 0 Å². The Bertz CT molecular complexity index is 1730. The summed E-state index contributed by atoms with van der Waals surface area (Å²) in [5.41, 5.74) is 10.7. The highest BCUT2D eigenvalue weighted by molar-refractivity contribution is 5.95. The second-order valence-electron chi connectivity index (χ2n) is 13.1. The number of nitrogens with two attached hydrogens (primary N) is 1. The summed E-state index contributed by atoms with van der Waals surface area (Å²) in [4.78, 5) is 48.9. The Balaban J connectivity index is 1.61. The summed E-state index contributed by atoms with van der Waals surface area (Å²) in [6.45, 7) is 4.40. The van der Waals surface area contributed by atoms with Gasteiger partial charge in [-0.15, -0.1) is 0 Å². The van der Waals surface area contributed by atoms with Gasteiger partial charge in [-0.25, -0.2) is 4.39 Å². The van der Waals surface area contributed by atoms with Crippen LogP contribution in [0.3, 0.4) is 0 Å². The molecule has 1 aromatic heterocycles. The lowest BCUT2D eigenvalue weighted by molar-refractivity contribution is -0.146. The lowest BCUT2D eigenvalue weighted by atomic mass is 9.90. The van der Waals surface area contributed by atoms with Crippen LogP contribution >= 0.6 is 0 Å².